The van der Waals surface area contributed by atoms with Crippen molar-refractivity contribution in [1.29, 1.82) is 10.5 Å². The lowest BCUT2D eigenvalue weighted by molar-refractivity contribution is -0.384. The van der Waals surface area contributed by atoms with E-state index in [1.807, 2.05) is 12.1 Å². The second-order valence-electron chi connectivity index (χ2n) is 5.57. The van der Waals surface area contributed by atoms with E-state index in [1.165, 1.54) is 23.5 Å². The van der Waals surface area contributed by atoms with E-state index >= 15 is 0 Å². The lowest BCUT2D eigenvalue weighted by atomic mass is 10.00. The Hall–Kier alpha value is -2.38. The van der Waals surface area contributed by atoms with Gasteiger partial charge >= 0.3 is 0 Å². The molecule has 2 aromatic carbocycles. The maximum Gasteiger partial charge on any atom is 0.269 e. The van der Waals surface area contributed by atoms with Crippen molar-refractivity contribution < 1.29 is 9.66 Å². The van der Waals surface area contributed by atoms with E-state index in [-0.39, 0.29) is 5.69 Å². The molecule has 1 saturated heterocycles. The number of methoxy groups -OCH3 is 1. The van der Waals surface area contributed by atoms with E-state index in [0.717, 1.165) is 5.30 Å². The fraction of sp³-hybridized carbons (Fsp3) is 0.176. The molecule has 0 amide bonds. The van der Waals surface area contributed by atoms with Crippen LogP contribution in [0.1, 0.15) is 10.8 Å². The van der Waals surface area contributed by atoms with Gasteiger partial charge in [-0.1, -0.05) is 23.9 Å². The quantitative estimate of drug-likeness (QED) is 0.435. The molecule has 26 heavy (non-hydrogen) atoms. The number of rotatable bonds is 4. The van der Waals surface area contributed by atoms with Crippen molar-refractivity contribution in [2.24, 2.45) is 0 Å². The van der Waals surface area contributed by atoms with Crippen molar-refractivity contribution in [3.63, 3.8) is 0 Å². The summed E-state index contributed by atoms with van der Waals surface area (Å²) in [5.74, 6) is 0.673. The van der Waals surface area contributed by atoms with Crippen LogP contribution in [-0.2, 0) is 11.8 Å². The van der Waals surface area contributed by atoms with Gasteiger partial charge in [-0.05, 0) is 35.1 Å². The van der Waals surface area contributed by atoms with Gasteiger partial charge in [0.25, 0.3) is 5.69 Å². The molecule has 0 N–H and O–H groups in total. The summed E-state index contributed by atoms with van der Waals surface area (Å²) < 4.78 is 5.15. The van der Waals surface area contributed by atoms with E-state index in [4.69, 9.17) is 16.5 Å². The molecule has 0 bridgehead atoms. The number of hydrogen-bond acceptors (Lipinski definition) is 7. The van der Waals surface area contributed by atoms with Gasteiger partial charge in [-0.25, -0.2) is 0 Å². The number of nitro groups is 1. The SMILES string of the molecule is COc1ccc(P2(=S)SC(c3ccc([N+](=O)[O-])cc3)C2(C#N)C#N)cc1. The first-order valence-electron chi connectivity index (χ1n) is 7.42. The molecule has 9 heteroatoms. The normalized spacial score (nSPS) is 23.1. The standard InChI is InChI=1S/C17H12N3O3PS2/c1-23-14-6-8-15(9-7-14)24(25)17(10-18,11-19)16(26-24)12-2-4-13(5-3-12)20(21)22/h2-9,16H,1H3. The Balaban J connectivity index is 2.01. The van der Waals surface area contributed by atoms with E-state index in [1.54, 1.807) is 31.4 Å². The van der Waals surface area contributed by atoms with Crippen molar-refractivity contribution in [1.82, 2.24) is 0 Å². The average molecular weight is 401 g/mol. The third-order valence-corrected chi connectivity index (χ3v) is 13.2. The summed E-state index contributed by atoms with van der Waals surface area (Å²) in [5.41, 5.74) is 0.657. The average Bonchev–Trinajstić information content (AvgIpc) is 2.67. The molecular weight excluding hydrogens is 389 g/mol. The third-order valence-electron chi connectivity index (χ3n) is 4.26. The number of nitriles is 2. The summed E-state index contributed by atoms with van der Waals surface area (Å²) in [5, 5.41) is 27.0. The van der Waals surface area contributed by atoms with Crippen molar-refractivity contribution in [2.75, 3.05) is 7.11 Å². The van der Waals surface area contributed by atoms with Crippen molar-refractivity contribution >= 4 is 39.4 Å². The second kappa shape index (κ2) is 6.74. The van der Waals surface area contributed by atoms with Crippen molar-refractivity contribution in [3.8, 4) is 17.9 Å². The van der Waals surface area contributed by atoms with Gasteiger partial charge in [-0.2, -0.15) is 10.5 Å². The van der Waals surface area contributed by atoms with Gasteiger partial charge in [0, 0.05) is 12.1 Å². The Morgan fingerprint density at radius 3 is 2.23 bits per heavy atom. The van der Waals surface area contributed by atoms with Gasteiger partial charge in [-0.3, -0.25) is 10.1 Å². The first-order chi connectivity index (χ1) is 12.4. The minimum atomic E-state index is -2.53. The Morgan fingerprint density at radius 1 is 1.19 bits per heavy atom. The molecule has 1 aliphatic rings. The zero-order chi connectivity index (χ0) is 18.9. The Labute approximate surface area is 159 Å². The fourth-order valence-electron chi connectivity index (χ4n) is 2.80. The lowest BCUT2D eigenvalue weighted by Crippen LogP contribution is -2.42. The Bertz CT molecular complexity index is 980. The molecule has 1 fully saturated rings. The molecule has 0 aliphatic carbocycles. The molecule has 2 aromatic rings. The van der Waals surface area contributed by atoms with E-state index in [0.29, 0.717) is 11.3 Å². The van der Waals surface area contributed by atoms with Gasteiger partial charge in [0.2, 0.25) is 0 Å². The maximum absolute atomic E-state index is 10.8. The summed E-state index contributed by atoms with van der Waals surface area (Å²) >= 11 is 7.27. The lowest BCUT2D eigenvalue weighted by Gasteiger charge is -2.49. The smallest absolute Gasteiger partial charge is 0.269 e. The highest BCUT2D eigenvalue weighted by Gasteiger charge is 2.64. The highest BCUT2D eigenvalue weighted by Crippen LogP contribution is 2.85. The van der Waals surface area contributed by atoms with Crippen molar-refractivity contribution in [3.05, 3.63) is 64.2 Å². The molecule has 2 unspecified atom stereocenters. The molecule has 3 rings (SSSR count). The summed E-state index contributed by atoms with van der Waals surface area (Å²) in [7, 11) is 1.56. The predicted octanol–water partition coefficient (Wildman–Crippen LogP) is 3.90. The first-order valence-corrected chi connectivity index (χ1v) is 11.7. The molecule has 0 saturated carbocycles. The number of ether oxygens (including phenoxy) is 1. The van der Waals surface area contributed by atoms with Crippen LogP contribution < -0.4 is 10.0 Å². The van der Waals surface area contributed by atoms with Crippen LogP contribution in [0.15, 0.2) is 48.5 Å². The summed E-state index contributed by atoms with van der Waals surface area (Å²) in [6, 6.07) is 17.4. The minimum absolute atomic E-state index is 0.0350. The van der Waals surface area contributed by atoms with Crippen LogP contribution in [0, 0.1) is 32.8 Å². The number of hydrogen-bond donors (Lipinski definition) is 0. The van der Waals surface area contributed by atoms with E-state index in [9.17, 15) is 20.6 Å². The largest absolute Gasteiger partial charge is 0.497 e. The molecule has 6 nitrogen and oxygen atoms in total. The van der Waals surface area contributed by atoms with Gasteiger partial charge in [-0.15, -0.1) is 11.4 Å². The summed E-state index contributed by atoms with van der Waals surface area (Å²) in [6.07, 6.45) is 0. The molecular formula is C17H12N3O3PS2. The van der Waals surface area contributed by atoms with Crippen LogP contribution in [0.4, 0.5) is 5.69 Å². The Kier molecular flexibility index (Phi) is 4.77. The molecule has 1 heterocycles. The van der Waals surface area contributed by atoms with E-state index < -0.39 is 20.6 Å². The number of non-ortho nitro benzene ring substituents is 1. The van der Waals surface area contributed by atoms with Gasteiger partial charge in [0.15, 0.2) is 5.16 Å². The number of nitro benzene ring substituents is 1. The topological polar surface area (TPSA) is 99.9 Å². The fourth-order valence-corrected chi connectivity index (χ4v) is 10.9. The molecule has 2 atom stereocenters. The van der Waals surface area contributed by atoms with Crippen LogP contribution in [-0.4, -0.2) is 17.2 Å². The number of benzene rings is 2. The Morgan fingerprint density at radius 2 is 1.77 bits per heavy atom. The van der Waals surface area contributed by atoms with Crippen LogP contribution >= 0.6 is 16.6 Å². The first kappa shape index (κ1) is 18.4. The zero-order valence-corrected chi connectivity index (χ0v) is 16.1. The van der Waals surface area contributed by atoms with Crippen LogP contribution in [0.25, 0.3) is 0 Å². The van der Waals surface area contributed by atoms with Crippen LogP contribution in [0.2, 0.25) is 0 Å². The van der Waals surface area contributed by atoms with E-state index in [2.05, 4.69) is 12.1 Å². The van der Waals surface area contributed by atoms with Crippen molar-refractivity contribution in [2.45, 2.75) is 10.4 Å². The molecule has 0 radical (unpaired) electrons. The predicted molar refractivity (Wildman–Crippen MR) is 104 cm³/mol. The zero-order valence-electron chi connectivity index (χ0n) is 13.5. The van der Waals surface area contributed by atoms with Gasteiger partial charge < -0.3 is 4.74 Å². The second-order valence-corrected chi connectivity index (χ2v) is 13.2. The number of nitrogens with zero attached hydrogens (tertiary/aromatic N) is 3. The molecule has 0 aromatic heterocycles. The highest BCUT2D eigenvalue weighted by molar-refractivity contribution is 8.76. The maximum atomic E-state index is 10.8. The minimum Gasteiger partial charge on any atom is -0.497 e. The monoisotopic (exact) mass is 401 g/mol. The van der Waals surface area contributed by atoms with Gasteiger partial charge in [0.1, 0.15) is 5.75 Å². The summed E-state index contributed by atoms with van der Waals surface area (Å²) in [6.45, 7) is 0. The van der Waals surface area contributed by atoms with Crippen LogP contribution in [0.5, 0.6) is 5.75 Å². The summed E-state index contributed by atoms with van der Waals surface area (Å²) in [4.78, 5) is 10.3. The molecule has 130 valence electrons. The molecule has 1 aliphatic heterocycles. The highest BCUT2D eigenvalue weighted by atomic mass is 32.9. The third kappa shape index (κ3) is 2.59. The van der Waals surface area contributed by atoms with Crippen LogP contribution in [0.3, 0.4) is 0 Å². The van der Waals surface area contributed by atoms with Gasteiger partial charge in [0.05, 0.1) is 34.7 Å². The molecule has 0 spiro atoms.